The van der Waals surface area contributed by atoms with Gasteiger partial charge in [-0.2, -0.15) is 0 Å². The molecule has 3 saturated carbocycles. The van der Waals surface area contributed by atoms with Gasteiger partial charge in [-0.15, -0.1) is 0 Å². The molecule has 0 radical (unpaired) electrons. The Morgan fingerprint density at radius 1 is 1.30 bits per heavy atom. The molecule has 0 aromatic carbocycles. The lowest BCUT2D eigenvalue weighted by atomic mass is 9.75. The Kier molecular flexibility index (Phi) is 3.42. The van der Waals surface area contributed by atoms with Crippen molar-refractivity contribution in [3.63, 3.8) is 0 Å². The van der Waals surface area contributed by atoms with Gasteiger partial charge in [-0.3, -0.25) is 9.59 Å². The van der Waals surface area contributed by atoms with Crippen molar-refractivity contribution in [3.05, 3.63) is 0 Å². The summed E-state index contributed by atoms with van der Waals surface area (Å²) in [5.41, 5.74) is -0.706. The lowest BCUT2D eigenvalue weighted by Crippen LogP contribution is -2.39. The first-order valence-corrected chi connectivity index (χ1v) is 8.19. The largest absolute Gasteiger partial charge is 0.461 e. The van der Waals surface area contributed by atoms with E-state index in [0.29, 0.717) is 30.1 Å². The van der Waals surface area contributed by atoms with Crippen LogP contribution < -0.4 is 0 Å². The number of hydrogen-bond acceptors (Lipinski definition) is 3. The molecule has 0 heterocycles. The van der Waals surface area contributed by atoms with E-state index in [-0.39, 0.29) is 17.9 Å². The number of Topliss-reactive ketones (excluding diaryl/α,β-unsaturated/α-hetero) is 1. The molecule has 3 fully saturated rings. The number of ether oxygens (including phenoxy) is 1. The molecule has 0 aromatic heterocycles. The van der Waals surface area contributed by atoms with Crippen LogP contribution in [-0.2, 0) is 14.3 Å². The van der Waals surface area contributed by atoms with Crippen LogP contribution in [0.1, 0.15) is 59.3 Å². The van der Waals surface area contributed by atoms with Crippen molar-refractivity contribution in [2.45, 2.75) is 65.4 Å². The lowest BCUT2D eigenvalue weighted by Gasteiger charge is -2.37. The summed E-state index contributed by atoms with van der Waals surface area (Å²) in [7, 11) is 0. The van der Waals surface area contributed by atoms with Crippen molar-refractivity contribution >= 4 is 11.8 Å². The molecule has 3 heteroatoms. The van der Waals surface area contributed by atoms with E-state index in [2.05, 4.69) is 20.8 Å². The zero-order valence-corrected chi connectivity index (χ0v) is 12.9. The highest BCUT2D eigenvalue weighted by Gasteiger charge is 2.69. The Morgan fingerprint density at radius 2 is 2.05 bits per heavy atom. The summed E-state index contributed by atoms with van der Waals surface area (Å²) in [5, 5.41) is 0. The molecule has 5 atom stereocenters. The van der Waals surface area contributed by atoms with Crippen LogP contribution in [0.5, 0.6) is 0 Å². The second kappa shape index (κ2) is 4.85. The highest BCUT2D eigenvalue weighted by Crippen LogP contribution is 2.62. The van der Waals surface area contributed by atoms with Crippen molar-refractivity contribution in [2.24, 2.45) is 29.1 Å². The van der Waals surface area contributed by atoms with Crippen LogP contribution >= 0.6 is 0 Å². The van der Waals surface area contributed by atoms with E-state index in [1.807, 2.05) is 0 Å². The van der Waals surface area contributed by atoms with Gasteiger partial charge >= 0.3 is 5.97 Å². The fourth-order valence-corrected chi connectivity index (χ4v) is 4.40. The fraction of sp³-hybridized carbons (Fsp3) is 0.882. The van der Waals surface area contributed by atoms with E-state index in [0.717, 1.165) is 25.7 Å². The normalized spacial score (nSPS) is 43.5. The molecule has 0 bridgehead atoms. The molecule has 0 unspecified atom stereocenters. The van der Waals surface area contributed by atoms with Gasteiger partial charge in [0.05, 0.1) is 0 Å². The smallest absolute Gasteiger partial charge is 0.320 e. The first-order chi connectivity index (χ1) is 9.45. The Morgan fingerprint density at radius 3 is 2.60 bits per heavy atom. The van der Waals surface area contributed by atoms with Gasteiger partial charge < -0.3 is 4.74 Å². The van der Waals surface area contributed by atoms with Crippen molar-refractivity contribution in [3.8, 4) is 0 Å². The topological polar surface area (TPSA) is 43.4 Å². The monoisotopic (exact) mass is 278 g/mol. The zero-order valence-electron chi connectivity index (χ0n) is 12.9. The molecular formula is C17H26O3. The summed E-state index contributed by atoms with van der Waals surface area (Å²) in [6.07, 6.45) is 5.57. The number of carbonyl (C=O) groups excluding carboxylic acids is 2. The molecule has 0 aromatic rings. The number of ketones is 1. The van der Waals surface area contributed by atoms with Gasteiger partial charge in [-0.05, 0) is 49.4 Å². The highest BCUT2D eigenvalue weighted by atomic mass is 16.5. The van der Waals surface area contributed by atoms with Crippen LogP contribution in [0.15, 0.2) is 0 Å². The summed E-state index contributed by atoms with van der Waals surface area (Å²) >= 11 is 0. The molecule has 0 aliphatic heterocycles. The molecule has 0 saturated heterocycles. The minimum absolute atomic E-state index is 0.0234. The maximum absolute atomic E-state index is 12.5. The van der Waals surface area contributed by atoms with Gasteiger partial charge in [0.15, 0.2) is 0 Å². The van der Waals surface area contributed by atoms with Crippen LogP contribution in [0.4, 0.5) is 0 Å². The average molecular weight is 278 g/mol. The van der Waals surface area contributed by atoms with Crippen LogP contribution in [0.3, 0.4) is 0 Å². The maximum atomic E-state index is 12.5. The van der Waals surface area contributed by atoms with E-state index >= 15 is 0 Å². The van der Waals surface area contributed by atoms with Crippen molar-refractivity contribution in [1.82, 2.24) is 0 Å². The summed E-state index contributed by atoms with van der Waals surface area (Å²) in [4.78, 5) is 24.5. The van der Waals surface area contributed by atoms with E-state index < -0.39 is 5.41 Å². The third-order valence-electron chi connectivity index (χ3n) is 5.91. The van der Waals surface area contributed by atoms with Crippen molar-refractivity contribution in [1.29, 1.82) is 0 Å². The number of rotatable bonds is 3. The van der Waals surface area contributed by atoms with E-state index in [9.17, 15) is 9.59 Å². The third kappa shape index (κ3) is 2.10. The van der Waals surface area contributed by atoms with Gasteiger partial charge in [0.2, 0.25) is 0 Å². The predicted octanol–water partition coefficient (Wildman–Crippen LogP) is 3.36. The Balaban J connectivity index is 1.69. The molecule has 0 amide bonds. The molecule has 0 spiro atoms. The minimum atomic E-state index is -0.706. The highest BCUT2D eigenvalue weighted by molar-refractivity contribution is 6.09. The van der Waals surface area contributed by atoms with E-state index in [1.54, 1.807) is 0 Å². The third-order valence-corrected chi connectivity index (χ3v) is 5.91. The Hall–Kier alpha value is -0.860. The van der Waals surface area contributed by atoms with E-state index in [4.69, 9.17) is 4.74 Å². The number of carbonyl (C=O) groups is 2. The first-order valence-electron chi connectivity index (χ1n) is 8.19. The quantitative estimate of drug-likeness (QED) is 0.587. The summed E-state index contributed by atoms with van der Waals surface area (Å²) in [6.45, 7) is 6.65. The minimum Gasteiger partial charge on any atom is -0.461 e. The van der Waals surface area contributed by atoms with Gasteiger partial charge in [0, 0.05) is 6.42 Å². The predicted molar refractivity (Wildman–Crippen MR) is 76.0 cm³/mol. The lowest BCUT2D eigenvalue weighted by molar-refractivity contribution is -0.164. The van der Waals surface area contributed by atoms with Gasteiger partial charge in [0.1, 0.15) is 17.3 Å². The number of hydrogen-bond donors (Lipinski definition) is 0. The molecule has 3 aliphatic carbocycles. The number of esters is 1. The summed E-state index contributed by atoms with van der Waals surface area (Å²) < 4.78 is 5.87. The SMILES string of the molecule is CC(C)[C@H]1CC[C@H](C)C[C@@H]1OC(=O)[C@]12C[C@H]1CCC2=O. The molecular weight excluding hydrogens is 252 g/mol. The van der Waals surface area contributed by atoms with Crippen LogP contribution in [0.25, 0.3) is 0 Å². The number of fused-ring (bicyclic) bond motifs is 1. The van der Waals surface area contributed by atoms with Gasteiger partial charge in [-0.1, -0.05) is 27.2 Å². The average Bonchev–Trinajstić information content (AvgIpc) is 3.04. The second-order valence-corrected chi connectivity index (χ2v) is 7.60. The zero-order chi connectivity index (χ0) is 14.5. The van der Waals surface area contributed by atoms with Crippen LogP contribution in [0, 0.1) is 29.1 Å². The maximum Gasteiger partial charge on any atom is 0.320 e. The van der Waals surface area contributed by atoms with Crippen LogP contribution in [-0.4, -0.2) is 17.9 Å². The van der Waals surface area contributed by atoms with Gasteiger partial charge in [0.25, 0.3) is 0 Å². The summed E-state index contributed by atoms with van der Waals surface area (Å²) in [6, 6.07) is 0. The first kappa shape index (κ1) is 14.1. The Labute approximate surface area is 121 Å². The molecule has 112 valence electrons. The molecule has 3 rings (SSSR count). The summed E-state index contributed by atoms with van der Waals surface area (Å²) in [5.74, 6) is 1.84. The Bertz CT molecular complexity index is 428. The standard InChI is InChI=1S/C17H26O3/c1-10(2)13-6-4-11(3)8-14(13)20-16(19)17-9-12(17)5-7-15(17)18/h10-14H,4-9H2,1-3H3/t11-,12+,13+,14-,17+/m0/s1. The molecule has 20 heavy (non-hydrogen) atoms. The fourth-order valence-electron chi connectivity index (χ4n) is 4.40. The van der Waals surface area contributed by atoms with E-state index in [1.165, 1.54) is 6.42 Å². The van der Waals surface area contributed by atoms with Crippen molar-refractivity contribution in [2.75, 3.05) is 0 Å². The van der Waals surface area contributed by atoms with Crippen molar-refractivity contribution < 1.29 is 14.3 Å². The molecule has 3 nitrogen and oxygen atoms in total. The second-order valence-electron chi connectivity index (χ2n) is 7.60. The van der Waals surface area contributed by atoms with Crippen LogP contribution in [0.2, 0.25) is 0 Å². The van der Waals surface area contributed by atoms with Gasteiger partial charge in [-0.25, -0.2) is 0 Å². The molecule has 3 aliphatic rings. The molecule has 0 N–H and O–H groups in total.